The van der Waals surface area contributed by atoms with Gasteiger partial charge >= 0.3 is 0 Å². The van der Waals surface area contributed by atoms with Crippen molar-refractivity contribution >= 4 is 11.7 Å². The summed E-state index contributed by atoms with van der Waals surface area (Å²) >= 11 is 0. The number of hydrogen-bond acceptors (Lipinski definition) is 4. The van der Waals surface area contributed by atoms with E-state index < -0.39 is 0 Å². The highest BCUT2D eigenvalue weighted by Gasteiger charge is 2.30. The van der Waals surface area contributed by atoms with Crippen LogP contribution in [0.5, 0.6) is 0 Å². The van der Waals surface area contributed by atoms with Crippen molar-refractivity contribution in [2.24, 2.45) is 5.92 Å². The molecule has 0 aromatic carbocycles. The van der Waals surface area contributed by atoms with Gasteiger partial charge in [-0.25, -0.2) is 4.98 Å². The van der Waals surface area contributed by atoms with Crippen LogP contribution in [0.4, 0.5) is 5.82 Å². The van der Waals surface area contributed by atoms with E-state index in [4.69, 9.17) is 0 Å². The first-order valence-corrected chi connectivity index (χ1v) is 8.85. The van der Waals surface area contributed by atoms with E-state index in [1.54, 1.807) is 0 Å². The van der Waals surface area contributed by atoms with Crippen LogP contribution in [-0.2, 0) is 11.3 Å². The molecule has 1 N–H and O–H groups in total. The summed E-state index contributed by atoms with van der Waals surface area (Å²) in [5.41, 5.74) is 1.19. The second kappa shape index (κ2) is 7.30. The number of anilines is 1. The zero-order valence-corrected chi connectivity index (χ0v) is 14.3. The van der Waals surface area contributed by atoms with Crippen molar-refractivity contribution in [2.75, 3.05) is 31.1 Å². The maximum atomic E-state index is 12.2. The minimum Gasteiger partial charge on any atom is -0.357 e. The molecule has 1 atom stereocenters. The second-order valence-electron chi connectivity index (χ2n) is 7.13. The van der Waals surface area contributed by atoms with E-state index in [2.05, 4.69) is 46.1 Å². The van der Waals surface area contributed by atoms with Crippen LogP contribution in [0.3, 0.4) is 0 Å². The SMILES string of the molecule is CC(C)C[C@@H]1C(=O)NCCN1Cc1ccc(N2CCCC2)nc1. The topological polar surface area (TPSA) is 48.5 Å². The Hall–Kier alpha value is -1.62. The van der Waals surface area contributed by atoms with E-state index in [0.29, 0.717) is 5.92 Å². The summed E-state index contributed by atoms with van der Waals surface area (Å²) in [7, 11) is 0. The molecular weight excluding hydrogens is 288 g/mol. The molecule has 3 heterocycles. The number of rotatable bonds is 5. The molecule has 2 aliphatic rings. The molecule has 0 aliphatic carbocycles. The highest BCUT2D eigenvalue weighted by atomic mass is 16.2. The Morgan fingerprint density at radius 3 is 2.70 bits per heavy atom. The van der Waals surface area contributed by atoms with Crippen molar-refractivity contribution in [2.45, 2.75) is 45.7 Å². The average Bonchev–Trinajstić information content (AvgIpc) is 3.05. The van der Waals surface area contributed by atoms with Crippen LogP contribution in [0.2, 0.25) is 0 Å². The monoisotopic (exact) mass is 316 g/mol. The summed E-state index contributed by atoms with van der Waals surface area (Å²) in [6.07, 6.45) is 5.42. The lowest BCUT2D eigenvalue weighted by atomic mass is 9.99. The molecule has 2 aliphatic heterocycles. The fourth-order valence-electron chi connectivity index (χ4n) is 3.53. The van der Waals surface area contributed by atoms with Gasteiger partial charge in [-0.15, -0.1) is 0 Å². The third-order valence-corrected chi connectivity index (χ3v) is 4.76. The first-order valence-electron chi connectivity index (χ1n) is 8.85. The fourth-order valence-corrected chi connectivity index (χ4v) is 3.53. The number of nitrogens with zero attached hydrogens (tertiary/aromatic N) is 3. The largest absolute Gasteiger partial charge is 0.357 e. The quantitative estimate of drug-likeness (QED) is 0.903. The Bertz CT molecular complexity index is 522. The van der Waals surface area contributed by atoms with Gasteiger partial charge in [-0.3, -0.25) is 9.69 Å². The van der Waals surface area contributed by atoms with Gasteiger partial charge in [-0.05, 0) is 36.8 Å². The van der Waals surface area contributed by atoms with E-state index in [9.17, 15) is 4.79 Å². The number of carbonyl (C=O) groups excluding carboxylic acids is 1. The van der Waals surface area contributed by atoms with Gasteiger partial charge in [0.15, 0.2) is 0 Å². The van der Waals surface area contributed by atoms with Crippen LogP contribution in [-0.4, -0.2) is 48.0 Å². The number of aromatic nitrogens is 1. The summed E-state index contributed by atoms with van der Waals surface area (Å²) < 4.78 is 0. The van der Waals surface area contributed by atoms with Gasteiger partial charge in [0.05, 0.1) is 6.04 Å². The summed E-state index contributed by atoms with van der Waals surface area (Å²) in [6, 6.07) is 4.28. The highest BCUT2D eigenvalue weighted by Crippen LogP contribution is 2.20. The van der Waals surface area contributed by atoms with Gasteiger partial charge in [-0.1, -0.05) is 19.9 Å². The van der Waals surface area contributed by atoms with Crippen molar-refractivity contribution < 1.29 is 4.79 Å². The van der Waals surface area contributed by atoms with E-state index in [-0.39, 0.29) is 11.9 Å². The third-order valence-electron chi connectivity index (χ3n) is 4.76. The Balaban J connectivity index is 1.65. The predicted molar refractivity (Wildman–Crippen MR) is 92.3 cm³/mol. The van der Waals surface area contributed by atoms with E-state index in [1.807, 2.05) is 6.20 Å². The lowest BCUT2D eigenvalue weighted by molar-refractivity contribution is -0.130. The van der Waals surface area contributed by atoms with Crippen LogP contribution in [0.15, 0.2) is 18.3 Å². The molecule has 126 valence electrons. The lowest BCUT2D eigenvalue weighted by Crippen LogP contribution is -2.55. The van der Waals surface area contributed by atoms with E-state index in [1.165, 1.54) is 18.4 Å². The van der Waals surface area contributed by atoms with Crippen LogP contribution in [0.25, 0.3) is 0 Å². The Morgan fingerprint density at radius 2 is 2.04 bits per heavy atom. The molecule has 5 nitrogen and oxygen atoms in total. The molecule has 5 heteroatoms. The molecule has 3 rings (SSSR count). The Morgan fingerprint density at radius 1 is 1.26 bits per heavy atom. The molecule has 0 unspecified atom stereocenters. The molecule has 23 heavy (non-hydrogen) atoms. The first-order chi connectivity index (χ1) is 11.1. The van der Waals surface area contributed by atoms with E-state index in [0.717, 1.165) is 45.0 Å². The molecule has 2 saturated heterocycles. The zero-order chi connectivity index (χ0) is 16.2. The molecule has 0 saturated carbocycles. The molecule has 0 spiro atoms. The molecular formula is C18H28N4O. The number of hydrogen-bond donors (Lipinski definition) is 1. The average molecular weight is 316 g/mol. The van der Waals surface area contributed by atoms with Crippen molar-refractivity contribution in [3.05, 3.63) is 23.9 Å². The smallest absolute Gasteiger partial charge is 0.237 e. The van der Waals surface area contributed by atoms with Gasteiger partial charge in [-0.2, -0.15) is 0 Å². The maximum absolute atomic E-state index is 12.2. The highest BCUT2D eigenvalue weighted by molar-refractivity contribution is 5.82. The summed E-state index contributed by atoms with van der Waals surface area (Å²) in [5, 5.41) is 3.00. The molecule has 1 aromatic heterocycles. The molecule has 1 aromatic rings. The maximum Gasteiger partial charge on any atom is 0.237 e. The van der Waals surface area contributed by atoms with Crippen molar-refractivity contribution in [3.8, 4) is 0 Å². The van der Waals surface area contributed by atoms with Gasteiger partial charge in [0.25, 0.3) is 0 Å². The van der Waals surface area contributed by atoms with E-state index >= 15 is 0 Å². The normalized spacial score (nSPS) is 22.7. The van der Waals surface area contributed by atoms with Crippen LogP contribution >= 0.6 is 0 Å². The number of carbonyl (C=O) groups is 1. The Labute approximate surface area is 139 Å². The minimum atomic E-state index is -0.0120. The van der Waals surface area contributed by atoms with Gasteiger partial charge in [0.1, 0.15) is 5.82 Å². The van der Waals surface area contributed by atoms with Crippen molar-refractivity contribution in [3.63, 3.8) is 0 Å². The van der Waals surface area contributed by atoms with Crippen LogP contribution < -0.4 is 10.2 Å². The second-order valence-corrected chi connectivity index (χ2v) is 7.13. The lowest BCUT2D eigenvalue weighted by Gasteiger charge is -2.36. The first kappa shape index (κ1) is 16.2. The molecule has 0 bridgehead atoms. The van der Waals surface area contributed by atoms with Crippen molar-refractivity contribution in [1.29, 1.82) is 0 Å². The number of amides is 1. The van der Waals surface area contributed by atoms with Crippen LogP contribution in [0, 0.1) is 5.92 Å². The minimum absolute atomic E-state index is 0.0120. The van der Waals surface area contributed by atoms with Gasteiger partial charge in [0.2, 0.25) is 5.91 Å². The number of piperazine rings is 1. The summed E-state index contributed by atoms with van der Waals surface area (Å²) in [6.45, 7) is 9.05. The molecule has 1 amide bonds. The number of nitrogens with one attached hydrogen (secondary N) is 1. The standard InChI is InChI=1S/C18H28N4O/c1-14(2)11-16-18(23)19-7-10-22(16)13-15-5-6-17(20-12-15)21-8-3-4-9-21/h5-6,12,14,16H,3-4,7-11,13H2,1-2H3,(H,19,23)/t16-/m1/s1. The van der Waals surface area contributed by atoms with Gasteiger partial charge < -0.3 is 10.2 Å². The summed E-state index contributed by atoms with van der Waals surface area (Å²) in [5.74, 6) is 1.77. The third kappa shape index (κ3) is 4.02. The molecule has 2 fully saturated rings. The molecule has 0 radical (unpaired) electrons. The van der Waals surface area contributed by atoms with Crippen molar-refractivity contribution in [1.82, 2.24) is 15.2 Å². The van der Waals surface area contributed by atoms with Crippen LogP contribution in [0.1, 0.15) is 38.7 Å². The number of pyridine rings is 1. The Kier molecular flexibility index (Phi) is 5.16. The fraction of sp³-hybridized carbons (Fsp3) is 0.667. The summed E-state index contributed by atoms with van der Waals surface area (Å²) in [4.78, 5) is 21.5. The predicted octanol–water partition coefficient (Wildman–Crippen LogP) is 2.03. The van der Waals surface area contributed by atoms with Gasteiger partial charge in [0, 0.05) is 38.9 Å². The zero-order valence-electron chi connectivity index (χ0n) is 14.3.